The molecule has 27 heavy (non-hydrogen) atoms. The van der Waals surface area contributed by atoms with E-state index in [-0.39, 0.29) is 11.1 Å². The average molecular weight is 373 g/mol. The van der Waals surface area contributed by atoms with E-state index < -0.39 is 0 Å². The Morgan fingerprint density at radius 2 is 1.93 bits per heavy atom. The van der Waals surface area contributed by atoms with Crippen molar-refractivity contribution in [2.24, 2.45) is 0 Å². The Kier molecular flexibility index (Phi) is 4.97. The lowest BCUT2D eigenvalue weighted by Crippen LogP contribution is -2.48. The fourth-order valence-electron chi connectivity index (χ4n) is 4.57. The van der Waals surface area contributed by atoms with Gasteiger partial charge in [-0.2, -0.15) is 10.1 Å². The first-order chi connectivity index (χ1) is 12.9. The summed E-state index contributed by atoms with van der Waals surface area (Å²) < 4.78 is 1.83. The number of likely N-dealkylation sites (tertiary alicyclic amines) is 1. The van der Waals surface area contributed by atoms with Crippen molar-refractivity contribution in [1.82, 2.24) is 24.6 Å². The molecule has 0 aromatic carbocycles. The Hall–Kier alpha value is -1.89. The third-order valence-electron chi connectivity index (χ3n) is 5.96. The third kappa shape index (κ3) is 3.88. The number of hydrogen-bond acceptors (Lipinski definition) is 5. The number of rotatable bonds is 3. The molecule has 1 aliphatic heterocycles. The second-order valence-corrected chi connectivity index (χ2v) is 9.15. The molecule has 2 aromatic rings. The maximum Gasteiger partial charge on any atom is 0.263 e. The lowest BCUT2D eigenvalue weighted by Gasteiger charge is -2.40. The van der Waals surface area contributed by atoms with Crippen LogP contribution in [0, 0.1) is 0 Å². The summed E-state index contributed by atoms with van der Waals surface area (Å²) in [6.07, 6.45) is 10.7. The van der Waals surface area contributed by atoms with Crippen molar-refractivity contribution < 1.29 is 0 Å². The van der Waals surface area contributed by atoms with Crippen molar-refractivity contribution in [3.63, 3.8) is 0 Å². The molecule has 3 heterocycles. The lowest BCUT2D eigenvalue weighted by molar-refractivity contribution is 0.124. The highest BCUT2D eigenvalue weighted by molar-refractivity contribution is 5.74. The van der Waals surface area contributed by atoms with Crippen LogP contribution in [0.1, 0.15) is 65.7 Å². The van der Waals surface area contributed by atoms with Crippen LogP contribution < -0.4 is 10.9 Å². The van der Waals surface area contributed by atoms with E-state index >= 15 is 0 Å². The molecule has 1 saturated heterocycles. The summed E-state index contributed by atoms with van der Waals surface area (Å²) in [4.78, 5) is 22.8. The van der Waals surface area contributed by atoms with Gasteiger partial charge in [-0.25, -0.2) is 4.68 Å². The van der Waals surface area contributed by atoms with Gasteiger partial charge in [0, 0.05) is 18.6 Å². The van der Waals surface area contributed by atoms with Gasteiger partial charge in [0.2, 0.25) is 5.95 Å². The molecule has 1 atom stereocenters. The van der Waals surface area contributed by atoms with Gasteiger partial charge in [-0.3, -0.25) is 14.7 Å². The van der Waals surface area contributed by atoms with E-state index in [4.69, 9.17) is 4.98 Å². The minimum absolute atomic E-state index is 0.127. The van der Waals surface area contributed by atoms with Crippen LogP contribution in [0.15, 0.2) is 11.0 Å². The maximum absolute atomic E-state index is 12.5. The molecule has 2 fully saturated rings. The fourth-order valence-corrected chi connectivity index (χ4v) is 4.57. The number of nitrogens with zero attached hydrogens (tertiary/aromatic N) is 4. The fraction of sp³-hybridized carbons (Fsp3) is 0.750. The van der Waals surface area contributed by atoms with Crippen molar-refractivity contribution in [3.8, 4) is 0 Å². The highest BCUT2D eigenvalue weighted by Crippen LogP contribution is 2.26. The molecule has 2 N–H and O–H groups in total. The summed E-state index contributed by atoms with van der Waals surface area (Å²) in [5.41, 5.74) is 0.300. The molecular weight excluding hydrogens is 340 g/mol. The number of fused-ring (bicyclic) bond motifs is 1. The Bertz CT molecular complexity index is 842. The predicted molar refractivity (Wildman–Crippen MR) is 108 cm³/mol. The average Bonchev–Trinajstić information content (AvgIpc) is 3.08. The molecule has 2 aromatic heterocycles. The first-order valence-electron chi connectivity index (χ1n) is 10.4. The van der Waals surface area contributed by atoms with Crippen molar-refractivity contribution in [3.05, 3.63) is 16.6 Å². The number of anilines is 1. The van der Waals surface area contributed by atoms with Gasteiger partial charge in [-0.15, -0.1) is 0 Å². The van der Waals surface area contributed by atoms with Gasteiger partial charge < -0.3 is 5.32 Å². The highest BCUT2D eigenvalue weighted by atomic mass is 16.1. The summed E-state index contributed by atoms with van der Waals surface area (Å²) >= 11 is 0. The van der Waals surface area contributed by atoms with Gasteiger partial charge >= 0.3 is 0 Å². The number of aromatic nitrogens is 4. The van der Waals surface area contributed by atoms with Crippen LogP contribution in [0.25, 0.3) is 11.0 Å². The molecule has 1 saturated carbocycles. The van der Waals surface area contributed by atoms with Crippen molar-refractivity contribution in [2.75, 3.05) is 18.4 Å². The topological polar surface area (TPSA) is 78.8 Å². The van der Waals surface area contributed by atoms with Gasteiger partial charge in [-0.05, 0) is 53.0 Å². The van der Waals surface area contributed by atoms with Crippen LogP contribution >= 0.6 is 0 Å². The van der Waals surface area contributed by atoms with E-state index in [9.17, 15) is 4.79 Å². The smallest absolute Gasteiger partial charge is 0.263 e. The van der Waals surface area contributed by atoms with Gasteiger partial charge in [0.15, 0.2) is 5.65 Å². The van der Waals surface area contributed by atoms with Gasteiger partial charge in [-0.1, -0.05) is 19.3 Å². The van der Waals surface area contributed by atoms with Crippen LogP contribution in [0.3, 0.4) is 0 Å². The number of H-pyrrole nitrogens is 1. The molecule has 7 heteroatoms. The second-order valence-electron chi connectivity index (χ2n) is 9.15. The Morgan fingerprint density at radius 1 is 1.15 bits per heavy atom. The van der Waals surface area contributed by atoms with Gasteiger partial charge in [0.1, 0.15) is 5.39 Å². The summed E-state index contributed by atoms with van der Waals surface area (Å²) in [5.74, 6) is 0.564. The number of nitrogens with one attached hydrogen (secondary N) is 2. The van der Waals surface area contributed by atoms with Crippen LogP contribution in [0.2, 0.25) is 0 Å². The monoisotopic (exact) mass is 372 g/mol. The van der Waals surface area contributed by atoms with Crippen LogP contribution in [0.5, 0.6) is 0 Å². The maximum atomic E-state index is 12.5. The van der Waals surface area contributed by atoms with Crippen LogP contribution in [0.4, 0.5) is 5.95 Å². The summed E-state index contributed by atoms with van der Waals surface area (Å²) in [5, 5.41) is 8.43. The molecule has 2 aliphatic rings. The number of piperidine rings is 1. The molecule has 0 spiro atoms. The van der Waals surface area contributed by atoms with E-state index in [0.717, 1.165) is 19.0 Å². The molecular formula is C20H32N6O. The van der Waals surface area contributed by atoms with E-state index in [0.29, 0.717) is 23.0 Å². The van der Waals surface area contributed by atoms with E-state index in [1.54, 1.807) is 6.20 Å². The molecule has 148 valence electrons. The van der Waals surface area contributed by atoms with Crippen molar-refractivity contribution in [1.29, 1.82) is 0 Å². The summed E-state index contributed by atoms with van der Waals surface area (Å²) in [7, 11) is 0. The molecule has 0 radical (unpaired) electrons. The molecule has 7 nitrogen and oxygen atoms in total. The SMILES string of the molecule is CC(C)(C)n1ncc2c(=O)[nH]c(NC3CCCN(C4CCCCC4)C3)nc21. The Labute approximate surface area is 160 Å². The predicted octanol–water partition coefficient (Wildman–Crippen LogP) is 3.08. The molecule has 1 unspecified atom stereocenters. The summed E-state index contributed by atoms with van der Waals surface area (Å²) in [6.45, 7) is 8.43. The van der Waals surface area contributed by atoms with Crippen molar-refractivity contribution in [2.45, 2.75) is 83.3 Å². The third-order valence-corrected chi connectivity index (χ3v) is 5.96. The normalized spacial score (nSPS) is 23.0. The number of hydrogen-bond donors (Lipinski definition) is 2. The van der Waals surface area contributed by atoms with Crippen LogP contribution in [-0.4, -0.2) is 49.8 Å². The largest absolute Gasteiger partial charge is 0.352 e. The summed E-state index contributed by atoms with van der Waals surface area (Å²) in [6, 6.07) is 1.06. The van der Waals surface area contributed by atoms with Gasteiger partial charge in [0.25, 0.3) is 5.56 Å². The van der Waals surface area contributed by atoms with Gasteiger partial charge in [0.05, 0.1) is 11.7 Å². The minimum atomic E-state index is -0.220. The molecule has 1 aliphatic carbocycles. The second kappa shape index (κ2) is 7.26. The van der Waals surface area contributed by atoms with E-state index in [2.05, 4.69) is 41.1 Å². The minimum Gasteiger partial charge on any atom is -0.352 e. The Morgan fingerprint density at radius 3 is 2.67 bits per heavy atom. The zero-order valence-electron chi connectivity index (χ0n) is 16.8. The molecule has 0 amide bonds. The molecule has 4 rings (SSSR count). The first-order valence-corrected chi connectivity index (χ1v) is 10.4. The Balaban J connectivity index is 1.53. The zero-order chi connectivity index (χ0) is 19.0. The highest BCUT2D eigenvalue weighted by Gasteiger charge is 2.27. The van der Waals surface area contributed by atoms with E-state index in [1.807, 2.05) is 4.68 Å². The lowest BCUT2D eigenvalue weighted by atomic mass is 9.92. The quantitative estimate of drug-likeness (QED) is 0.866. The zero-order valence-corrected chi connectivity index (χ0v) is 16.8. The molecule has 0 bridgehead atoms. The first kappa shape index (κ1) is 18.5. The number of aromatic amines is 1. The van der Waals surface area contributed by atoms with Crippen molar-refractivity contribution >= 4 is 17.0 Å². The standard InChI is InChI=1S/C20H32N6O/c1-20(2,3)26-17-16(12-21-26)18(27)24-19(23-17)22-14-8-7-11-25(13-14)15-9-5-4-6-10-15/h12,14-15H,4-11,13H2,1-3H3,(H2,22,23,24,27). The van der Waals surface area contributed by atoms with Crippen LogP contribution in [-0.2, 0) is 5.54 Å². The van der Waals surface area contributed by atoms with E-state index in [1.165, 1.54) is 45.1 Å².